The number of imidazole rings is 1. The molecule has 0 aromatic carbocycles. The summed E-state index contributed by atoms with van der Waals surface area (Å²) in [6.07, 6.45) is -3.16. The number of alkyl halides is 3. The van der Waals surface area contributed by atoms with Gasteiger partial charge in [0.25, 0.3) is 10.0 Å². The van der Waals surface area contributed by atoms with E-state index in [1.165, 1.54) is 29.0 Å². The molecule has 0 radical (unpaired) electrons. The molecule has 0 unspecified atom stereocenters. The first kappa shape index (κ1) is 15.1. The van der Waals surface area contributed by atoms with Gasteiger partial charge in [-0.3, -0.25) is 4.40 Å². The minimum Gasteiger partial charge on any atom is -0.371 e. The van der Waals surface area contributed by atoms with Gasteiger partial charge in [0.1, 0.15) is 6.54 Å². The Morgan fingerprint density at radius 1 is 1.50 bits per heavy atom. The molecule has 0 aliphatic heterocycles. The summed E-state index contributed by atoms with van der Waals surface area (Å²) in [5.74, 6) is 0.0193. The molecule has 0 aliphatic carbocycles. The van der Waals surface area contributed by atoms with Crippen molar-refractivity contribution >= 4 is 32.1 Å². The van der Waals surface area contributed by atoms with Crippen LogP contribution in [-0.2, 0) is 10.0 Å². The quantitative estimate of drug-likeness (QED) is 0.926. The van der Waals surface area contributed by atoms with E-state index < -0.39 is 22.7 Å². The summed E-state index contributed by atoms with van der Waals surface area (Å²) in [6, 6.07) is 0. The molecule has 0 aliphatic rings. The Bertz CT molecular complexity index is 719. The number of rotatable bonds is 4. The molecule has 0 amide bonds. The van der Waals surface area contributed by atoms with Crippen LogP contribution in [-0.4, -0.2) is 48.9 Å². The number of nitrogens with one attached hydrogen (secondary N) is 1. The van der Waals surface area contributed by atoms with Crippen LogP contribution >= 0.6 is 11.3 Å². The average Bonchev–Trinajstić information content (AvgIpc) is 2.84. The second kappa shape index (κ2) is 4.90. The second-order valence-corrected chi connectivity index (χ2v) is 6.78. The highest BCUT2D eigenvalue weighted by atomic mass is 32.2. The standard InChI is InChI=1S/C9H11F3N4O2S2/c1-13-6-7(16-3-4-19-8(16)14-6)20(17,18)15(2)5-9(10,11)12/h3-4,13H,5H2,1-2H3. The van der Waals surface area contributed by atoms with E-state index in [1.807, 2.05) is 0 Å². The molecule has 0 saturated carbocycles. The summed E-state index contributed by atoms with van der Waals surface area (Å²) in [7, 11) is -1.97. The molecule has 0 bridgehead atoms. The molecular weight excluding hydrogens is 317 g/mol. The maximum atomic E-state index is 12.4. The highest BCUT2D eigenvalue weighted by Gasteiger charge is 2.37. The number of sulfonamides is 1. The summed E-state index contributed by atoms with van der Waals surface area (Å²) in [4.78, 5) is 4.40. The third kappa shape index (κ3) is 2.60. The summed E-state index contributed by atoms with van der Waals surface area (Å²) in [6.45, 7) is -1.56. The van der Waals surface area contributed by atoms with Crippen LogP contribution < -0.4 is 5.32 Å². The van der Waals surface area contributed by atoms with Crippen molar-refractivity contribution in [1.82, 2.24) is 13.7 Å². The molecular formula is C9H11F3N4O2S2. The number of nitrogens with zero attached hydrogens (tertiary/aromatic N) is 3. The Morgan fingerprint density at radius 2 is 2.15 bits per heavy atom. The Morgan fingerprint density at radius 3 is 2.70 bits per heavy atom. The largest absolute Gasteiger partial charge is 0.402 e. The topological polar surface area (TPSA) is 66.7 Å². The van der Waals surface area contributed by atoms with Crippen LogP contribution in [0.1, 0.15) is 0 Å². The predicted molar refractivity (Wildman–Crippen MR) is 68.5 cm³/mol. The van der Waals surface area contributed by atoms with Crippen LogP contribution in [0.2, 0.25) is 0 Å². The van der Waals surface area contributed by atoms with Gasteiger partial charge < -0.3 is 5.32 Å². The fourth-order valence-corrected chi connectivity index (χ4v) is 3.83. The van der Waals surface area contributed by atoms with Gasteiger partial charge in [-0.15, -0.1) is 11.3 Å². The third-order valence-corrected chi connectivity index (χ3v) is 5.10. The number of halogens is 3. The predicted octanol–water partition coefficient (Wildman–Crippen LogP) is 1.62. The molecule has 2 rings (SSSR count). The molecule has 2 aromatic heterocycles. The van der Waals surface area contributed by atoms with Gasteiger partial charge in [0.2, 0.25) is 0 Å². The van der Waals surface area contributed by atoms with E-state index in [0.717, 1.165) is 7.05 Å². The Hall–Kier alpha value is -1.33. The number of thiazole rings is 1. The summed E-state index contributed by atoms with van der Waals surface area (Å²) in [5.41, 5.74) is 0. The molecule has 2 aromatic rings. The molecule has 11 heteroatoms. The summed E-state index contributed by atoms with van der Waals surface area (Å²) < 4.78 is 63.2. The lowest BCUT2D eigenvalue weighted by Crippen LogP contribution is -2.36. The van der Waals surface area contributed by atoms with E-state index >= 15 is 0 Å². The maximum absolute atomic E-state index is 12.4. The van der Waals surface area contributed by atoms with Crippen LogP contribution in [0.5, 0.6) is 0 Å². The van der Waals surface area contributed by atoms with Gasteiger partial charge in [-0.25, -0.2) is 13.4 Å². The Labute approximate surface area is 116 Å². The van der Waals surface area contributed by atoms with Crippen LogP contribution in [0.3, 0.4) is 0 Å². The van der Waals surface area contributed by atoms with Crippen LogP contribution in [0, 0.1) is 0 Å². The maximum Gasteiger partial charge on any atom is 0.402 e. The van der Waals surface area contributed by atoms with Gasteiger partial charge in [-0.1, -0.05) is 0 Å². The molecule has 0 spiro atoms. The van der Waals surface area contributed by atoms with Gasteiger partial charge in [-0.2, -0.15) is 17.5 Å². The van der Waals surface area contributed by atoms with Crippen molar-refractivity contribution in [3.63, 3.8) is 0 Å². The molecule has 112 valence electrons. The first-order valence-corrected chi connectivity index (χ1v) is 7.65. The van der Waals surface area contributed by atoms with Gasteiger partial charge in [0.05, 0.1) is 0 Å². The van der Waals surface area contributed by atoms with E-state index in [0.29, 0.717) is 4.96 Å². The number of aromatic nitrogens is 2. The smallest absolute Gasteiger partial charge is 0.371 e. The number of fused-ring (bicyclic) bond motifs is 1. The molecule has 0 atom stereocenters. The third-order valence-electron chi connectivity index (χ3n) is 2.51. The average molecular weight is 328 g/mol. The van der Waals surface area contributed by atoms with Crippen molar-refractivity contribution in [3.05, 3.63) is 11.6 Å². The number of hydrogen-bond acceptors (Lipinski definition) is 5. The first-order chi connectivity index (χ1) is 9.16. The van der Waals surface area contributed by atoms with Crippen molar-refractivity contribution in [1.29, 1.82) is 0 Å². The van der Waals surface area contributed by atoms with Crippen molar-refractivity contribution in [2.75, 3.05) is 26.0 Å². The lowest BCUT2D eigenvalue weighted by molar-refractivity contribution is -0.134. The molecule has 0 fully saturated rings. The van der Waals surface area contributed by atoms with Crippen LogP contribution in [0.4, 0.5) is 19.0 Å². The number of anilines is 1. The van der Waals surface area contributed by atoms with E-state index in [1.54, 1.807) is 5.38 Å². The van der Waals surface area contributed by atoms with Gasteiger partial charge >= 0.3 is 6.18 Å². The minimum absolute atomic E-state index is 0.0193. The van der Waals surface area contributed by atoms with Crippen molar-refractivity contribution in [3.8, 4) is 0 Å². The normalized spacial score (nSPS) is 13.3. The molecule has 20 heavy (non-hydrogen) atoms. The Balaban J connectivity index is 2.53. The van der Waals surface area contributed by atoms with Crippen molar-refractivity contribution in [2.24, 2.45) is 0 Å². The molecule has 0 saturated heterocycles. The van der Waals surface area contributed by atoms with Crippen LogP contribution in [0.25, 0.3) is 4.96 Å². The molecule has 2 heterocycles. The zero-order chi connectivity index (χ0) is 15.1. The number of hydrogen-bond donors (Lipinski definition) is 1. The minimum atomic E-state index is -4.61. The van der Waals surface area contributed by atoms with E-state index in [-0.39, 0.29) is 15.1 Å². The van der Waals surface area contributed by atoms with Gasteiger partial charge in [0, 0.05) is 25.7 Å². The Kier molecular flexibility index (Phi) is 3.69. The first-order valence-electron chi connectivity index (χ1n) is 5.33. The lowest BCUT2D eigenvalue weighted by atomic mass is 10.6. The SMILES string of the molecule is CNc1nc2sccn2c1S(=O)(=O)N(C)CC(F)(F)F. The second-order valence-electron chi connectivity index (χ2n) is 3.95. The van der Waals surface area contributed by atoms with Gasteiger partial charge in [-0.05, 0) is 0 Å². The van der Waals surface area contributed by atoms with E-state index in [4.69, 9.17) is 0 Å². The fraction of sp³-hybridized carbons (Fsp3) is 0.444. The lowest BCUT2D eigenvalue weighted by Gasteiger charge is -2.18. The van der Waals surface area contributed by atoms with Crippen molar-refractivity contribution < 1.29 is 21.6 Å². The zero-order valence-electron chi connectivity index (χ0n) is 10.5. The van der Waals surface area contributed by atoms with E-state index in [9.17, 15) is 21.6 Å². The highest BCUT2D eigenvalue weighted by Crippen LogP contribution is 2.29. The van der Waals surface area contributed by atoms with Crippen LogP contribution in [0.15, 0.2) is 16.6 Å². The summed E-state index contributed by atoms with van der Waals surface area (Å²) in [5, 5.41) is 3.88. The molecule has 1 N–H and O–H groups in total. The fourth-order valence-electron chi connectivity index (χ4n) is 1.66. The zero-order valence-corrected chi connectivity index (χ0v) is 12.1. The van der Waals surface area contributed by atoms with E-state index in [2.05, 4.69) is 10.3 Å². The molecule has 6 nitrogen and oxygen atoms in total. The highest BCUT2D eigenvalue weighted by molar-refractivity contribution is 7.89. The van der Waals surface area contributed by atoms with Gasteiger partial charge in [0.15, 0.2) is 15.8 Å². The summed E-state index contributed by atoms with van der Waals surface area (Å²) >= 11 is 1.19. The monoisotopic (exact) mass is 328 g/mol. The van der Waals surface area contributed by atoms with Crippen molar-refractivity contribution in [2.45, 2.75) is 11.2 Å².